The van der Waals surface area contributed by atoms with Crippen molar-refractivity contribution in [1.82, 2.24) is 0 Å². The van der Waals surface area contributed by atoms with Crippen LogP contribution in [0, 0.1) is 0 Å². The molecule has 2 nitrogen and oxygen atoms in total. The molecular formula is C9H13BrClNOSi. The molecule has 2 N–H and O–H groups in total. The first-order chi connectivity index (χ1) is 6.29. The predicted octanol–water partition coefficient (Wildman–Crippen LogP) is 3.90. The number of anilines is 1. The molecule has 0 aliphatic rings. The highest BCUT2D eigenvalue weighted by molar-refractivity contribution is 9.10. The van der Waals surface area contributed by atoms with Gasteiger partial charge in [0.2, 0.25) is 8.32 Å². The first-order valence-electron chi connectivity index (χ1n) is 4.23. The molecule has 0 heterocycles. The Balaban J connectivity index is 3.09. The topological polar surface area (TPSA) is 35.2 Å². The lowest BCUT2D eigenvalue weighted by atomic mass is 10.3. The van der Waals surface area contributed by atoms with Crippen LogP contribution in [0.1, 0.15) is 0 Å². The zero-order valence-electron chi connectivity index (χ0n) is 8.40. The Morgan fingerprint density at radius 3 is 2.43 bits per heavy atom. The smallest absolute Gasteiger partial charge is 0.242 e. The van der Waals surface area contributed by atoms with Crippen LogP contribution in [-0.2, 0) is 0 Å². The molecule has 0 aliphatic heterocycles. The van der Waals surface area contributed by atoms with Gasteiger partial charge >= 0.3 is 0 Å². The molecule has 0 radical (unpaired) electrons. The molecular weight excluding hydrogens is 282 g/mol. The van der Waals surface area contributed by atoms with Gasteiger partial charge in [-0.25, -0.2) is 0 Å². The van der Waals surface area contributed by atoms with Crippen LogP contribution in [0.5, 0.6) is 5.75 Å². The third-order valence-corrected chi connectivity index (χ3v) is 3.08. The van der Waals surface area contributed by atoms with E-state index in [4.69, 9.17) is 21.8 Å². The van der Waals surface area contributed by atoms with Gasteiger partial charge in [-0.15, -0.1) is 0 Å². The molecule has 1 aromatic carbocycles. The van der Waals surface area contributed by atoms with Crippen molar-refractivity contribution in [2.24, 2.45) is 0 Å². The minimum atomic E-state index is -1.63. The lowest BCUT2D eigenvalue weighted by Crippen LogP contribution is -2.29. The second kappa shape index (κ2) is 4.12. The van der Waals surface area contributed by atoms with E-state index in [1.165, 1.54) is 0 Å². The van der Waals surface area contributed by atoms with Crippen molar-refractivity contribution in [3.63, 3.8) is 0 Å². The Labute approximate surface area is 98.7 Å². The Kier molecular flexibility index (Phi) is 3.50. The molecule has 1 rings (SSSR count). The van der Waals surface area contributed by atoms with Gasteiger partial charge in [0.15, 0.2) is 0 Å². The number of hydrogen-bond donors (Lipinski definition) is 1. The molecule has 1 aromatic rings. The first-order valence-corrected chi connectivity index (χ1v) is 8.81. The molecule has 14 heavy (non-hydrogen) atoms. The molecule has 0 saturated heterocycles. The second-order valence-electron chi connectivity index (χ2n) is 4.01. The summed E-state index contributed by atoms with van der Waals surface area (Å²) in [7, 11) is -1.63. The van der Waals surface area contributed by atoms with Crippen LogP contribution in [0.4, 0.5) is 5.69 Å². The minimum absolute atomic E-state index is 0.511. The van der Waals surface area contributed by atoms with Crippen LogP contribution in [0.2, 0.25) is 24.7 Å². The van der Waals surface area contributed by atoms with E-state index in [0.29, 0.717) is 16.5 Å². The fourth-order valence-electron chi connectivity index (χ4n) is 0.975. The quantitative estimate of drug-likeness (QED) is 0.663. The van der Waals surface area contributed by atoms with E-state index in [1.54, 1.807) is 6.07 Å². The minimum Gasteiger partial charge on any atom is -0.543 e. The normalized spacial score (nSPS) is 11.5. The van der Waals surface area contributed by atoms with Gasteiger partial charge in [-0.1, -0.05) is 27.5 Å². The highest BCUT2D eigenvalue weighted by Crippen LogP contribution is 2.34. The fraction of sp³-hybridized carbons (Fsp3) is 0.333. The molecule has 0 fully saturated rings. The Hall–Kier alpha value is -0.193. The van der Waals surface area contributed by atoms with Gasteiger partial charge < -0.3 is 10.2 Å². The summed E-state index contributed by atoms with van der Waals surface area (Å²) in [5.41, 5.74) is 6.31. The van der Waals surface area contributed by atoms with Gasteiger partial charge in [0.05, 0.1) is 10.7 Å². The SMILES string of the molecule is C[Si](C)(C)Oc1cc(Br)cc(Cl)c1N. The van der Waals surface area contributed by atoms with Gasteiger partial charge in [0.1, 0.15) is 5.75 Å². The summed E-state index contributed by atoms with van der Waals surface area (Å²) in [4.78, 5) is 0. The van der Waals surface area contributed by atoms with Crippen LogP contribution >= 0.6 is 27.5 Å². The summed E-state index contributed by atoms with van der Waals surface area (Å²) < 4.78 is 6.67. The van der Waals surface area contributed by atoms with Crippen molar-refractivity contribution in [2.75, 3.05) is 5.73 Å². The number of halogens is 2. The van der Waals surface area contributed by atoms with Crippen molar-refractivity contribution in [3.8, 4) is 5.75 Å². The van der Waals surface area contributed by atoms with Gasteiger partial charge in [-0.2, -0.15) is 0 Å². The van der Waals surface area contributed by atoms with Crippen LogP contribution in [-0.4, -0.2) is 8.32 Å². The highest BCUT2D eigenvalue weighted by atomic mass is 79.9. The van der Waals surface area contributed by atoms with E-state index < -0.39 is 8.32 Å². The maximum atomic E-state index is 5.93. The lowest BCUT2D eigenvalue weighted by Gasteiger charge is -2.21. The standard InChI is InChI=1S/C9H13BrClNOSi/c1-14(2,3)13-8-5-6(10)4-7(11)9(8)12/h4-5H,12H2,1-3H3. The molecule has 0 aliphatic carbocycles. The number of nitrogens with two attached hydrogens (primary N) is 1. The molecule has 0 aromatic heterocycles. The molecule has 0 unspecified atom stereocenters. The summed E-state index contributed by atoms with van der Waals surface area (Å²) in [5.74, 6) is 0.670. The summed E-state index contributed by atoms with van der Waals surface area (Å²) in [6.07, 6.45) is 0. The van der Waals surface area contributed by atoms with Crippen molar-refractivity contribution in [3.05, 3.63) is 21.6 Å². The molecule has 0 saturated carbocycles. The summed E-state index contributed by atoms with van der Waals surface area (Å²) in [5, 5.41) is 0.521. The zero-order chi connectivity index (χ0) is 10.9. The van der Waals surface area contributed by atoms with Gasteiger partial charge in [-0.05, 0) is 31.8 Å². The second-order valence-corrected chi connectivity index (χ2v) is 9.77. The van der Waals surface area contributed by atoms with Crippen LogP contribution < -0.4 is 10.2 Å². The van der Waals surface area contributed by atoms with Crippen LogP contribution in [0.25, 0.3) is 0 Å². The maximum Gasteiger partial charge on any atom is 0.242 e. The Bertz CT molecular complexity index is 351. The van der Waals surface area contributed by atoms with Crippen molar-refractivity contribution in [2.45, 2.75) is 19.6 Å². The van der Waals surface area contributed by atoms with E-state index >= 15 is 0 Å². The number of nitrogen functional groups attached to an aromatic ring is 1. The zero-order valence-corrected chi connectivity index (χ0v) is 11.7. The highest BCUT2D eigenvalue weighted by Gasteiger charge is 2.18. The van der Waals surface area contributed by atoms with Crippen molar-refractivity contribution >= 4 is 41.5 Å². The molecule has 0 bridgehead atoms. The summed E-state index contributed by atoms with van der Waals surface area (Å²) in [6.45, 7) is 6.30. The van der Waals surface area contributed by atoms with E-state index in [9.17, 15) is 0 Å². The van der Waals surface area contributed by atoms with Gasteiger partial charge in [-0.3, -0.25) is 0 Å². The average molecular weight is 295 g/mol. The number of rotatable bonds is 2. The van der Waals surface area contributed by atoms with E-state index in [1.807, 2.05) is 6.07 Å². The van der Waals surface area contributed by atoms with Crippen LogP contribution in [0.3, 0.4) is 0 Å². The summed E-state index contributed by atoms with van der Waals surface area (Å²) in [6, 6.07) is 3.60. The third kappa shape index (κ3) is 3.19. The molecule has 5 heteroatoms. The van der Waals surface area contributed by atoms with Gasteiger partial charge in [0, 0.05) is 4.47 Å². The van der Waals surface area contributed by atoms with Crippen molar-refractivity contribution < 1.29 is 4.43 Å². The third-order valence-electron chi connectivity index (χ3n) is 1.47. The van der Waals surface area contributed by atoms with Crippen LogP contribution in [0.15, 0.2) is 16.6 Å². The van der Waals surface area contributed by atoms with E-state index in [0.717, 1.165) is 4.47 Å². The first kappa shape index (κ1) is 11.9. The molecule has 0 amide bonds. The number of benzene rings is 1. The maximum absolute atomic E-state index is 5.93. The van der Waals surface area contributed by atoms with E-state index in [2.05, 4.69) is 35.6 Å². The van der Waals surface area contributed by atoms with Crippen molar-refractivity contribution in [1.29, 1.82) is 0 Å². The average Bonchev–Trinajstić information content (AvgIpc) is 1.96. The van der Waals surface area contributed by atoms with E-state index in [-0.39, 0.29) is 0 Å². The molecule has 0 spiro atoms. The monoisotopic (exact) mass is 293 g/mol. The predicted molar refractivity (Wildman–Crippen MR) is 67.5 cm³/mol. The lowest BCUT2D eigenvalue weighted by molar-refractivity contribution is 0.560. The fourth-order valence-corrected chi connectivity index (χ4v) is 2.58. The van der Waals surface area contributed by atoms with Gasteiger partial charge in [0.25, 0.3) is 0 Å². The molecule has 78 valence electrons. The Morgan fingerprint density at radius 2 is 1.93 bits per heavy atom. The Morgan fingerprint density at radius 1 is 1.36 bits per heavy atom. The number of hydrogen-bond acceptors (Lipinski definition) is 2. The molecule has 0 atom stereocenters. The summed E-state index contributed by atoms with van der Waals surface area (Å²) >= 11 is 9.28. The largest absolute Gasteiger partial charge is 0.543 e.